The summed E-state index contributed by atoms with van der Waals surface area (Å²) in [7, 11) is 1.53. The third-order valence-electron chi connectivity index (χ3n) is 0.789. The standard InChI is InChI=1S/C4H9NO3/c1-4(6)5(2)3-8-7/h7H,3H2,1-2H3. The molecule has 0 spiro atoms. The van der Waals surface area contributed by atoms with Crippen LogP contribution >= 0.6 is 0 Å². The lowest BCUT2D eigenvalue weighted by atomic mass is 10.6. The van der Waals surface area contributed by atoms with Crippen LogP contribution in [-0.4, -0.2) is 29.8 Å². The molecule has 0 aliphatic carbocycles. The molecule has 4 heteroatoms. The van der Waals surface area contributed by atoms with Crippen molar-refractivity contribution in [2.45, 2.75) is 6.92 Å². The molecule has 8 heavy (non-hydrogen) atoms. The first kappa shape index (κ1) is 7.39. The molecule has 4 nitrogen and oxygen atoms in total. The van der Waals surface area contributed by atoms with Gasteiger partial charge in [-0.25, -0.2) is 10.1 Å². The highest BCUT2D eigenvalue weighted by Gasteiger charge is 1.98. The predicted octanol–water partition coefficient (Wildman–Crippen LogP) is -0.0882. The number of carbonyl (C=O) groups is 1. The van der Waals surface area contributed by atoms with Crippen LogP contribution in [0.2, 0.25) is 0 Å². The molecule has 0 atom stereocenters. The molecule has 0 radical (unpaired) electrons. The van der Waals surface area contributed by atoms with Crippen molar-refractivity contribution in [3.05, 3.63) is 0 Å². The van der Waals surface area contributed by atoms with Gasteiger partial charge in [-0.1, -0.05) is 0 Å². The summed E-state index contributed by atoms with van der Waals surface area (Å²) in [6.07, 6.45) is 0. The highest BCUT2D eigenvalue weighted by Crippen LogP contribution is 1.80. The van der Waals surface area contributed by atoms with Gasteiger partial charge in [0.1, 0.15) is 0 Å². The summed E-state index contributed by atoms with van der Waals surface area (Å²) in [5.74, 6) is -0.140. The fourth-order valence-electron chi connectivity index (χ4n) is 0.178. The van der Waals surface area contributed by atoms with Crippen molar-refractivity contribution < 1.29 is 14.9 Å². The average Bonchev–Trinajstić information content (AvgIpc) is 1.67. The van der Waals surface area contributed by atoms with Crippen LogP contribution in [0, 0.1) is 0 Å². The molecular weight excluding hydrogens is 110 g/mol. The summed E-state index contributed by atoms with van der Waals surface area (Å²) in [6.45, 7) is 1.31. The SMILES string of the molecule is CC(=O)N(C)COO. The van der Waals surface area contributed by atoms with E-state index in [1.54, 1.807) is 0 Å². The van der Waals surface area contributed by atoms with Crippen LogP contribution < -0.4 is 0 Å². The molecule has 0 saturated carbocycles. The van der Waals surface area contributed by atoms with E-state index in [9.17, 15) is 4.79 Å². The van der Waals surface area contributed by atoms with E-state index < -0.39 is 0 Å². The molecule has 1 N–H and O–H groups in total. The molecule has 48 valence electrons. The first-order valence-electron chi connectivity index (χ1n) is 2.16. The van der Waals surface area contributed by atoms with Gasteiger partial charge < -0.3 is 4.90 Å². The first-order valence-corrected chi connectivity index (χ1v) is 2.16. The summed E-state index contributed by atoms with van der Waals surface area (Å²) >= 11 is 0. The molecular formula is C4H9NO3. The lowest BCUT2D eigenvalue weighted by molar-refractivity contribution is -0.264. The van der Waals surface area contributed by atoms with E-state index in [0.29, 0.717) is 0 Å². The quantitative estimate of drug-likeness (QED) is 0.314. The minimum Gasteiger partial charge on any atom is -0.320 e. The summed E-state index contributed by atoms with van der Waals surface area (Å²) < 4.78 is 0. The molecule has 0 saturated heterocycles. The number of nitrogens with zero attached hydrogens (tertiary/aromatic N) is 1. The van der Waals surface area contributed by atoms with E-state index in [-0.39, 0.29) is 12.6 Å². The third-order valence-corrected chi connectivity index (χ3v) is 0.789. The second-order valence-electron chi connectivity index (χ2n) is 1.48. The van der Waals surface area contributed by atoms with Crippen molar-refractivity contribution >= 4 is 5.91 Å². The summed E-state index contributed by atoms with van der Waals surface area (Å²) in [4.78, 5) is 15.2. The molecule has 0 bridgehead atoms. The van der Waals surface area contributed by atoms with E-state index in [1.165, 1.54) is 18.9 Å². The van der Waals surface area contributed by atoms with Crippen molar-refractivity contribution in [3.63, 3.8) is 0 Å². The molecule has 0 aromatic rings. The van der Waals surface area contributed by atoms with Crippen LogP contribution in [0.3, 0.4) is 0 Å². The van der Waals surface area contributed by atoms with E-state index in [2.05, 4.69) is 4.89 Å². The molecule has 0 aliphatic rings. The molecule has 0 aromatic carbocycles. The van der Waals surface area contributed by atoms with Gasteiger partial charge in [-0.2, -0.15) is 0 Å². The summed E-state index contributed by atoms with van der Waals surface area (Å²) in [5, 5.41) is 7.79. The lowest BCUT2D eigenvalue weighted by Gasteiger charge is -2.10. The minimum absolute atomic E-state index is 0.0741. The summed E-state index contributed by atoms with van der Waals surface area (Å²) in [5.41, 5.74) is 0. The van der Waals surface area contributed by atoms with Crippen molar-refractivity contribution in [1.82, 2.24) is 4.90 Å². The van der Waals surface area contributed by atoms with E-state index in [0.717, 1.165) is 0 Å². The Morgan fingerprint density at radius 2 is 2.38 bits per heavy atom. The van der Waals surface area contributed by atoms with Crippen molar-refractivity contribution in [2.24, 2.45) is 0 Å². The maximum Gasteiger partial charge on any atom is 0.221 e. The van der Waals surface area contributed by atoms with Crippen molar-refractivity contribution in [2.75, 3.05) is 13.8 Å². The number of amides is 1. The van der Waals surface area contributed by atoms with Crippen LogP contribution in [0.1, 0.15) is 6.92 Å². The smallest absolute Gasteiger partial charge is 0.221 e. The predicted molar refractivity (Wildman–Crippen MR) is 27.0 cm³/mol. The van der Waals surface area contributed by atoms with Crippen molar-refractivity contribution in [3.8, 4) is 0 Å². The number of carbonyl (C=O) groups excluding carboxylic acids is 1. The zero-order chi connectivity index (χ0) is 6.57. The van der Waals surface area contributed by atoms with Gasteiger partial charge in [0.2, 0.25) is 5.91 Å². The van der Waals surface area contributed by atoms with Gasteiger partial charge in [0.15, 0.2) is 6.73 Å². The monoisotopic (exact) mass is 119 g/mol. The number of hydrogen-bond acceptors (Lipinski definition) is 3. The molecule has 0 heterocycles. The van der Waals surface area contributed by atoms with Gasteiger partial charge in [-0.3, -0.25) is 4.79 Å². The molecule has 0 aromatic heterocycles. The van der Waals surface area contributed by atoms with Gasteiger partial charge >= 0.3 is 0 Å². The average molecular weight is 119 g/mol. The van der Waals surface area contributed by atoms with Crippen LogP contribution in [0.15, 0.2) is 0 Å². The fraction of sp³-hybridized carbons (Fsp3) is 0.750. The molecule has 0 aliphatic heterocycles. The van der Waals surface area contributed by atoms with Crippen LogP contribution in [0.25, 0.3) is 0 Å². The zero-order valence-electron chi connectivity index (χ0n) is 4.92. The zero-order valence-corrected chi connectivity index (χ0v) is 4.92. The normalized spacial score (nSPS) is 8.88. The Morgan fingerprint density at radius 1 is 1.88 bits per heavy atom. The van der Waals surface area contributed by atoms with Gasteiger partial charge in [0.25, 0.3) is 0 Å². The minimum atomic E-state index is -0.140. The Kier molecular flexibility index (Phi) is 3.14. The summed E-state index contributed by atoms with van der Waals surface area (Å²) in [6, 6.07) is 0. The molecule has 1 amide bonds. The number of rotatable bonds is 2. The second kappa shape index (κ2) is 3.40. The Bertz CT molecular complexity index is 83.4. The first-order chi connectivity index (χ1) is 3.68. The Balaban J connectivity index is 3.32. The highest BCUT2D eigenvalue weighted by molar-refractivity contribution is 5.72. The molecule has 0 rings (SSSR count). The Morgan fingerprint density at radius 3 is 2.50 bits per heavy atom. The topological polar surface area (TPSA) is 49.8 Å². The fourth-order valence-corrected chi connectivity index (χ4v) is 0.178. The number of hydrogen-bond donors (Lipinski definition) is 1. The third kappa shape index (κ3) is 2.54. The lowest BCUT2D eigenvalue weighted by Crippen LogP contribution is -2.25. The Labute approximate surface area is 47.6 Å². The maximum absolute atomic E-state index is 10.3. The molecule has 0 unspecified atom stereocenters. The van der Waals surface area contributed by atoms with Crippen LogP contribution in [0.5, 0.6) is 0 Å². The maximum atomic E-state index is 10.3. The largest absolute Gasteiger partial charge is 0.320 e. The van der Waals surface area contributed by atoms with E-state index >= 15 is 0 Å². The van der Waals surface area contributed by atoms with E-state index in [1.807, 2.05) is 0 Å². The highest BCUT2D eigenvalue weighted by atomic mass is 17.1. The molecule has 0 fully saturated rings. The van der Waals surface area contributed by atoms with Gasteiger partial charge in [0, 0.05) is 14.0 Å². The van der Waals surface area contributed by atoms with Gasteiger partial charge in [-0.15, -0.1) is 0 Å². The van der Waals surface area contributed by atoms with Crippen LogP contribution in [0.4, 0.5) is 0 Å². The van der Waals surface area contributed by atoms with E-state index in [4.69, 9.17) is 5.26 Å². The van der Waals surface area contributed by atoms with Gasteiger partial charge in [0.05, 0.1) is 0 Å². The van der Waals surface area contributed by atoms with Crippen LogP contribution in [-0.2, 0) is 9.68 Å². The Hall–Kier alpha value is -0.610. The van der Waals surface area contributed by atoms with Gasteiger partial charge in [-0.05, 0) is 0 Å². The van der Waals surface area contributed by atoms with Crippen molar-refractivity contribution in [1.29, 1.82) is 0 Å². The second-order valence-corrected chi connectivity index (χ2v) is 1.48.